The molecular formula is C13H11NS. The fraction of sp³-hybridized carbons (Fsp3) is 0.154. The van der Waals surface area contributed by atoms with Crippen LogP contribution in [-0.4, -0.2) is 0 Å². The largest absolute Gasteiger partial charge is 0.198 e. The van der Waals surface area contributed by atoms with Crippen LogP contribution in [0.4, 0.5) is 0 Å². The minimum Gasteiger partial charge on any atom is -0.198 e. The molecule has 0 aliphatic heterocycles. The number of hydrogen-bond donors (Lipinski definition) is 0. The number of hydrogen-bond acceptors (Lipinski definition) is 2. The van der Waals surface area contributed by atoms with E-state index in [-0.39, 0.29) is 5.92 Å². The Morgan fingerprint density at radius 2 is 2.00 bits per heavy atom. The lowest BCUT2D eigenvalue weighted by atomic mass is 9.95. The van der Waals surface area contributed by atoms with Crippen molar-refractivity contribution < 1.29 is 0 Å². The summed E-state index contributed by atoms with van der Waals surface area (Å²) in [6.07, 6.45) is 0.800. The first-order chi connectivity index (χ1) is 7.40. The van der Waals surface area contributed by atoms with E-state index < -0.39 is 0 Å². The van der Waals surface area contributed by atoms with Crippen LogP contribution in [0.25, 0.3) is 0 Å². The van der Waals surface area contributed by atoms with Gasteiger partial charge in [-0.15, -0.1) is 0 Å². The van der Waals surface area contributed by atoms with Gasteiger partial charge in [-0.1, -0.05) is 30.3 Å². The number of thiophene rings is 1. The van der Waals surface area contributed by atoms with E-state index in [1.165, 1.54) is 5.56 Å². The molecule has 0 saturated carbocycles. The van der Waals surface area contributed by atoms with Crippen molar-refractivity contribution in [3.05, 3.63) is 58.3 Å². The van der Waals surface area contributed by atoms with Gasteiger partial charge < -0.3 is 0 Å². The minimum atomic E-state index is -0.0151. The third-order valence-corrected chi connectivity index (χ3v) is 3.09. The van der Waals surface area contributed by atoms with Crippen molar-refractivity contribution in [2.45, 2.75) is 12.3 Å². The second kappa shape index (κ2) is 4.77. The summed E-state index contributed by atoms with van der Waals surface area (Å²) in [6, 6.07) is 14.5. The molecule has 0 aliphatic rings. The summed E-state index contributed by atoms with van der Waals surface area (Å²) >= 11 is 1.64. The van der Waals surface area contributed by atoms with Crippen molar-refractivity contribution in [3.63, 3.8) is 0 Å². The number of nitrogens with zero attached hydrogens (tertiary/aromatic N) is 1. The predicted octanol–water partition coefficient (Wildman–Crippen LogP) is 3.60. The Balaban J connectivity index is 2.14. The van der Waals surface area contributed by atoms with Gasteiger partial charge >= 0.3 is 0 Å². The summed E-state index contributed by atoms with van der Waals surface area (Å²) in [5.41, 5.74) is 2.35. The van der Waals surface area contributed by atoms with E-state index in [4.69, 9.17) is 5.26 Å². The van der Waals surface area contributed by atoms with Gasteiger partial charge in [0.05, 0.1) is 12.0 Å². The zero-order chi connectivity index (χ0) is 10.5. The molecule has 2 aromatic rings. The molecule has 0 bridgehead atoms. The highest BCUT2D eigenvalue weighted by Gasteiger charge is 2.11. The first-order valence-electron chi connectivity index (χ1n) is 4.86. The number of nitriles is 1. The van der Waals surface area contributed by atoms with Crippen LogP contribution in [0.1, 0.15) is 17.0 Å². The van der Waals surface area contributed by atoms with Crippen LogP contribution < -0.4 is 0 Å². The fourth-order valence-corrected chi connectivity index (χ4v) is 2.28. The maximum Gasteiger partial charge on any atom is 0.0761 e. The quantitative estimate of drug-likeness (QED) is 0.764. The highest BCUT2D eigenvalue weighted by atomic mass is 32.1. The molecule has 2 rings (SSSR count). The molecule has 0 amide bonds. The van der Waals surface area contributed by atoms with E-state index in [2.05, 4.69) is 23.6 Å². The van der Waals surface area contributed by atoms with Gasteiger partial charge in [-0.2, -0.15) is 16.6 Å². The monoisotopic (exact) mass is 213 g/mol. The molecule has 0 radical (unpaired) electrons. The molecule has 1 heterocycles. The molecular weight excluding hydrogens is 202 g/mol. The Morgan fingerprint density at radius 3 is 2.60 bits per heavy atom. The summed E-state index contributed by atoms with van der Waals surface area (Å²) in [7, 11) is 0. The molecule has 0 fully saturated rings. The van der Waals surface area contributed by atoms with E-state index in [0.29, 0.717) is 0 Å². The van der Waals surface area contributed by atoms with E-state index in [9.17, 15) is 0 Å². The van der Waals surface area contributed by atoms with E-state index in [1.54, 1.807) is 11.3 Å². The molecule has 1 aromatic heterocycles. The van der Waals surface area contributed by atoms with Crippen molar-refractivity contribution in [1.82, 2.24) is 0 Å². The molecule has 0 N–H and O–H groups in total. The van der Waals surface area contributed by atoms with Crippen molar-refractivity contribution in [2.75, 3.05) is 0 Å². The zero-order valence-electron chi connectivity index (χ0n) is 8.26. The van der Waals surface area contributed by atoms with Gasteiger partial charge in [-0.3, -0.25) is 0 Å². The van der Waals surface area contributed by atoms with Crippen molar-refractivity contribution >= 4 is 11.3 Å². The van der Waals surface area contributed by atoms with Crippen LogP contribution in [-0.2, 0) is 6.42 Å². The molecule has 1 atom stereocenters. The topological polar surface area (TPSA) is 23.8 Å². The Hall–Kier alpha value is -1.59. The summed E-state index contributed by atoms with van der Waals surface area (Å²) in [5, 5.41) is 13.2. The number of rotatable bonds is 3. The zero-order valence-corrected chi connectivity index (χ0v) is 9.08. The standard InChI is InChI=1S/C13H11NS/c14-9-13(12-6-7-15-10-12)8-11-4-2-1-3-5-11/h1-7,10,13H,8H2. The molecule has 1 nitrogen and oxygen atoms in total. The Morgan fingerprint density at radius 1 is 1.20 bits per heavy atom. The van der Waals surface area contributed by atoms with Crippen molar-refractivity contribution in [3.8, 4) is 6.07 Å². The smallest absolute Gasteiger partial charge is 0.0761 e. The summed E-state index contributed by atoms with van der Waals surface area (Å²) in [4.78, 5) is 0. The summed E-state index contributed by atoms with van der Waals surface area (Å²) in [6.45, 7) is 0. The number of benzene rings is 1. The summed E-state index contributed by atoms with van der Waals surface area (Å²) < 4.78 is 0. The average Bonchev–Trinajstić information content (AvgIpc) is 2.81. The lowest BCUT2D eigenvalue weighted by Crippen LogP contribution is -1.98. The highest BCUT2D eigenvalue weighted by Crippen LogP contribution is 2.22. The van der Waals surface area contributed by atoms with Gasteiger partial charge in [0.15, 0.2) is 0 Å². The van der Waals surface area contributed by atoms with Crippen molar-refractivity contribution in [1.29, 1.82) is 5.26 Å². The van der Waals surface area contributed by atoms with E-state index >= 15 is 0 Å². The van der Waals surface area contributed by atoms with Gasteiger partial charge in [0.2, 0.25) is 0 Å². The van der Waals surface area contributed by atoms with Crippen LogP contribution in [0.3, 0.4) is 0 Å². The highest BCUT2D eigenvalue weighted by molar-refractivity contribution is 7.08. The van der Waals surface area contributed by atoms with Crippen LogP contribution in [0.15, 0.2) is 47.2 Å². The lowest BCUT2D eigenvalue weighted by molar-refractivity contribution is 0.853. The van der Waals surface area contributed by atoms with E-state index in [0.717, 1.165) is 12.0 Å². The predicted molar refractivity (Wildman–Crippen MR) is 62.8 cm³/mol. The van der Waals surface area contributed by atoms with Gasteiger partial charge in [-0.05, 0) is 34.4 Å². The first-order valence-corrected chi connectivity index (χ1v) is 5.80. The van der Waals surface area contributed by atoms with Crippen LogP contribution in [0.2, 0.25) is 0 Å². The van der Waals surface area contributed by atoms with Crippen LogP contribution in [0, 0.1) is 11.3 Å². The SMILES string of the molecule is N#CC(Cc1ccccc1)c1ccsc1. The molecule has 1 unspecified atom stereocenters. The van der Waals surface area contributed by atoms with Gasteiger partial charge in [0.1, 0.15) is 0 Å². The second-order valence-electron chi connectivity index (χ2n) is 3.43. The average molecular weight is 213 g/mol. The molecule has 0 aliphatic carbocycles. The maximum absolute atomic E-state index is 9.11. The van der Waals surface area contributed by atoms with Crippen molar-refractivity contribution in [2.24, 2.45) is 0 Å². The normalized spacial score (nSPS) is 11.9. The summed E-state index contributed by atoms with van der Waals surface area (Å²) in [5.74, 6) is -0.0151. The van der Waals surface area contributed by atoms with Crippen LogP contribution >= 0.6 is 11.3 Å². The Bertz CT molecular complexity index is 439. The second-order valence-corrected chi connectivity index (χ2v) is 4.21. The molecule has 74 valence electrons. The first kappa shape index (κ1) is 9.95. The van der Waals surface area contributed by atoms with E-state index in [1.807, 2.05) is 29.6 Å². The fourth-order valence-electron chi connectivity index (χ4n) is 1.56. The molecule has 0 spiro atoms. The molecule has 2 heteroatoms. The lowest BCUT2D eigenvalue weighted by Gasteiger charge is -2.06. The Kier molecular flexibility index (Phi) is 3.16. The third kappa shape index (κ3) is 2.45. The van der Waals surface area contributed by atoms with Crippen LogP contribution in [0.5, 0.6) is 0 Å². The third-order valence-electron chi connectivity index (χ3n) is 2.38. The molecule has 15 heavy (non-hydrogen) atoms. The Labute approximate surface area is 93.6 Å². The van der Waals surface area contributed by atoms with Gasteiger partial charge in [0.25, 0.3) is 0 Å². The molecule has 1 aromatic carbocycles. The van der Waals surface area contributed by atoms with Gasteiger partial charge in [0, 0.05) is 0 Å². The maximum atomic E-state index is 9.11. The minimum absolute atomic E-state index is 0.0151. The molecule has 0 saturated heterocycles. The van der Waals surface area contributed by atoms with Gasteiger partial charge in [-0.25, -0.2) is 0 Å².